The molecule has 4 aliphatic heterocycles. The number of carbonyl (C=O) groups excluding carboxylic acids is 2. The number of allylic oxidation sites excluding steroid dienone is 2. The Morgan fingerprint density at radius 1 is 0.553 bits per heavy atom. The summed E-state index contributed by atoms with van der Waals surface area (Å²) in [5, 5.41) is 149. The number of rotatable bonds is 16. The molecule has 25 heteroatoms. The van der Waals surface area contributed by atoms with Gasteiger partial charge in [-0.05, 0) is 71.8 Å². The molecule has 25 nitrogen and oxygen atoms in total. The van der Waals surface area contributed by atoms with Gasteiger partial charge in [0.05, 0.1) is 6.61 Å². The highest BCUT2D eigenvalue weighted by Crippen LogP contribution is 2.42. The number of hydrogen-bond acceptors (Lipinski definition) is 25. The highest BCUT2D eigenvalue weighted by atomic mass is 16.8. The van der Waals surface area contributed by atoms with Crippen LogP contribution in [0.4, 0.5) is 0 Å². The van der Waals surface area contributed by atoms with E-state index >= 15 is 0 Å². The highest BCUT2D eigenvalue weighted by molar-refractivity contribution is 5.87. The molecule has 3 aromatic rings. The second-order valence-corrected chi connectivity index (χ2v) is 17.8. The molecule has 16 atom stereocenters. The van der Waals surface area contributed by atoms with Gasteiger partial charge in [0, 0.05) is 35.4 Å². The standard InChI is InChI=1S/C51H54O25/c52-19-34-39(60)42(63)45(66)49(73-34)71-32-17-27(55)16-31-28(32)18-33(47(70-31)24-7-12-29(56)30(57)15-24)72-51-48(44(65)41(62)36(75-51)21-69-38(59)14-6-23-3-10-26(54)11-4-23)76-50-46(67)43(64)40(61)35(74-50)20-68-37(58)13-5-22-1-8-25(53)9-2-22/h1-18,31,34-36,39-46,48-57,60-67H,19-21H2. The van der Waals surface area contributed by atoms with E-state index in [4.69, 9.17) is 42.6 Å². The van der Waals surface area contributed by atoms with Gasteiger partial charge >= 0.3 is 11.9 Å². The van der Waals surface area contributed by atoms with E-state index in [-0.39, 0.29) is 34.2 Å². The van der Waals surface area contributed by atoms with Crippen LogP contribution in [-0.4, -0.2) is 201 Å². The van der Waals surface area contributed by atoms with Crippen LogP contribution in [0, 0.1) is 0 Å². The lowest BCUT2D eigenvalue weighted by atomic mass is 9.95. The second-order valence-electron chi connectivity index (χ2n) is 17.8. The Morgan fingerprint density at radius 2 is 1.08 bits per heavy atom. The first-order chi connectivity index (χ1) is 36.3. The molecule has 76 heavy (non-hydrogen) atoms. The fraction of sp³-hybridized carbons (Fsp3) is 0.373. The van der Waals surface area contributed by atoms with Crippen LogP contribution in [0.3, 0.4) is 0 Å². The molecule has 0 saturated carbocycles. The van der Waals surface area contributed by atoms with Gasteiger partial charge < -0.3 is 114 Å². The van der Waals surface area contributed by atoms with Gasteiger partial charge in [0.1, 0.15) is 109 Å². The van der Waals surface area contributed by atoms with Crippen molar-refractivity contribution >= 4 is 29.8 Å². The van der Waals surface area contributed by atoms with Crippen LogP contribution in [0.5, 0.6) is 23.0 Å². The summed E-state index contributed by atoms with van der Waals surface area (Å²) >= 11 is 0. The number of hydrogen-bond donors (Lipinski definition) is 14. The van der Waals surface area contributed by atoms with E-state index in [1.165, 1.54) is 78.9 Å². The number of carbonyl (C=O) groups is 2. The lowest BCUT2D eigenvalue weighted by Crippen LogP contribution is -2.64. The molecule has 0 aromatic heterocycles. The largest absolute Gasteiger partial charge is 0.508 e. The first-order valence-corrected chi connectivity index (χ1v) is 23.3. The fourth-order valence-corrected chi connectivity index (χ4v) is 8.30. The molecule has 0 bridgehead atoms. The SMILES string of the molecule is O=C(C=Cc1ccc(O)cc1)OCC1OC(OC2C(OC3=C(c4ccc(O)c(O)c4)OC4C=C(O)C=C(OC5OC(CO)C(O)C(O)C5O)C4=C3)OC(COC(=O)C=Cc3ccc(O)cc3)C(O)C2O)C(O)C(O)C1O. The normalized spacial score (nSPS) is 32.6. The van der Waals surface area contributed by atoms with Crippen molar-refractivity contribution in [1.82, 2.24) is 0 Å². The fourth-order valence-electron chi connectivity index (χ4n) is 8.30. The van der Waals surface area contributed by atoms with Gasteiger partial charge in [0.15, 0.2) is 35.4 Å². The lowest BCUT2D eigenvalue weighted by molar-refractivity contribution is -0.363. The smallest absolute Gasteiger partial charge is 0.330 e. The molecule has 1 aliphatic carbocycles. The summed E-state index contributed by atoms with van der Waals surface area (Å²) in [7, 11) is 0. The predicted octanol–water partition coefficient (Wildman–Crippen LogP) is -1.17. The van der Waals surface area contributed by atoms with Crippen molar-refractivity contribution in [2.75, 3.05) is 19.8 Å². The summed E-state index contributed by atoms with van der Waals surface area (Å²) in [5.41, 5.74) is 0.962. The molecule has 0 radical (unpaired) electrons. The number of ether oxygens (including phenoxy) is 9. The number of esters is 2. The Kier molecular flexibility index (Phi) is 17.3. The number of aromatic hydroxyl groups is 4. The van der Waals surface area contributed by atoms with Crippen molar-refractivity contribution < 1.29 is 124 Å². The molecule has 3 fully saturated rings. The summed E-state index contributed by atoms with van der Waals surface area (Å²) in [6.45, 7) is -2.32. The molecule has 0 amide bonds. The van der Waals surface area contributed by atoms with E-state index in [0.29, 0.717) is 11.1 Å². The minimum Gasteiger partial charge on any atom is -0.508 e. The average Bonchev–Trinajstić information content (AvgIpc) is 3.40. The maximum Gasteiger partial charge on any atom is 0.330 e. The Labute approximate surface area is 430 Å². The van der Waals surface area contributed by atoms with Crippen LogP contribution >= 0.6 is 0 Å². The van der Waals surface area contributed by atoms with Gasteiger partial charge in [-0.1, -0.05) is 24.3 Å². The van der Waals surface area contributed by atoms with Crippen molar-refractivity contribution in [1.29, 1.82) is 0 Å². The third-order valence-corrected chi connectivity index (χ3v) is 12.5. The van der Waals surface area contributed by atoms with E-state index in [2.05, 4.69) is 0 Å². The first-order valence-electron chi connectivity index (χ1n) is 23.3. The van der Waals surface area contributed by atoms with Crippen LogP contribution in [0.15, 0.2) is 120 Å². The van der Waals surface area contributed by atoms with Crippen molar-refractivity contribution in [3.8, 4) is 23.0 Å². The van der Waals surface area contributed by atoms with Crippen LogP contribution in [0.1, 0.15) is 16.7 Å². The minimum atomic E-state index is -2.14. The van der Waals surface area contributed by atoms with Gasteiger partial charge in [0.2, 0.25) is 12.6 Å². The van der Waals surface area contributed by atoms with E-state index in [1.54, 1.807) is 0 Å². The van der Waals surface area contributed by atoms with Crippen LogP contribution in [0.25, 0.3) is 17.9 Å². The Morgan fingerprint density at radius 3 is 1.64 bits per heavy atom. The zero-order chi connectivity index (χ0) is 54.5. The molecule has 0 spiro atoms. The summed E-state index contributed by atoms with van der Waals surface area (Å²) in [6, 6.07) is 15.0. The van der Waals surface area contributed by atoms with Crippen LogP contribution < -0.4 is 0 Å². The molecule has 8 rings (SSSR count). The zero-order valence-electron chi connectivity index (χ0n) is 39.5. The quantitative estimate of drug-likeness (QED) is 0.0456. The molecule has 5 aliphatic rings. The monoisotopic (exact) mass is 1070 g/mol. The second kappa shape index (κ2) is 23.9. The maximum atomic E-state index is 12.9. The van der Waals surface area contributed by atoms with Crippen molar-refractivity contribution in [2.24, 2.45) is 0 Å². The topological polar surface area (TPSA) is 400 Å². The number of aliphatic hydroxyl groups is 10. The number of benzene rings is 3. The molecule has 3 saturated heterocycles. The summed E-state index contributed by atoms with van der Waals surface area (Å²) < 4.78 is 52.7. The van der Waals surface area contributed by atoms with Crippen LogP contribution in [0.2, 0.25) is 0 Å². The minimum absolute atomic E-state index is 0.0126. The average molecular weight is 1070 g/mol. The molecule has 4 heterocycles. The lowest BCUT2D eigenvalue weighted by Gasteiger charge is -2.46. The van der Waals surface area contributed by atoms with E-state index < -0.39 is 153 Å². The van der Waals surface area contributed by atoms with Crippen molar-refractivity contribution in [3.63, 3.8) is 0 Å². The number of phenols is 4. The summed E-state index contributed by atoms with van der Waals surface area (Å²) in [4.78, 5) is 25.6. The molecule has 408 valence electrons. The van der Waals surface area contributed by atoms with Crippen molar-refractivity contribution in [3.05, 3.63) is 137 Å². The molecule has 3 aromatic carbocycles. The molecule has 16 unspecified atom stereocenters. The van der Waals surface area contributed by atoms with Gasteiger partial charge in [-0.25, -0.2) is 9.59 Å². The van der Waals surface area contributed by atoms with Crippen LogP contribution in [-0.2, 0) is 52.2 Å². The van der Waals surface area contributed by atoms with Gasteiger partial charge in [-0.3, -0.25) is 0 Å². The first kappa shape index (κ1) is 55.2. The number of fused-ring (bicyclic) bond motifs is 1. The predicted molar refractivity (Wildman–Crippen MR) is 253 cm³/mol. The highest BCUT2D eigenvalue weighted by Gasteiger charge is 2.53. The van der Waals surface area contributed by atoms with E-state index in [0.717, 1.165) is 30.4 Å². The van der Waals surface area contributed by atoms with Gasteiger partial charge in [-0.2, -0.15) is 0 Å². The number of phenolic OH excluding ortho intramolecular Hbond substituents is 4. The van der Waals surface area contributed by atoms with Gasteiger partial charge in [-0.15, -0.1) is 0 Å². The summed E-state index contributed by atoms with van der Waals surface area (Å²) in [6.07, 6.45) is -21.4. The molecular formula is C51H54O25. The Bertz CT molecular complexity index is 2730. The van der Waals surface area contributed by atoms with E-state index in [1.807, 2.05) is 0 Å². The Hall–Kier alpha value is -7.08. The van der Waals surface area contributed by atoms with Gasteiger partial charge in [0.25, 0.3) is 0 Å². The third-order valence-electron chi connectivity index (χ3n) is 12.5. The molecule has 14 N–H and O–H groups in total. The third kappa shape index (κ3) is 12.6. The summed E-state index contributed by atoms with van der Waals surface area (Å²) in [5.74, 6) is -4.60. The van der Waals surface area contributed by atoms with E-state index in [9.17, 15) is 81.1 Å². The zero-order valence-corrected chi connectivity index (χ0v) is 39.5. The van der Waals surface area contributed by atoms with Crippen molar-refractivity contribution in [2.45, 2.75) is 98.2 Å². The number of aliphatic hydroxyl groups excluding tert-OH is 10. The maximum absolute atomic E-state index is 12.9. The molecular weight excluding hydrogens is 1010 g/mol. The Balaban J connectivity index is 1.11.